The van der Waals surface area contributed by atoms with Gasteiger partial charge in [-0.15, -0.1) is 0 Å². The molecule has 0 fully saturated rings. The lowest BCUT2D eigenvalue weighted by Gasteiger charge is -2.05. The van der Waals surface area contributed by atoms with E-state index in [1.54, 1.807) is 0 Å². The molecule has 0 heterocycles. The van der Waals surface area contributed by atoms with Gasteiger partial charge in [0.1, 0.15) is 11.6 Å². The van der Waals surface area contributed by atoms with Crippen molar-refractivity contribution in [1.82, 2.24) is 0 Å². The Morgan fingerprint density at radius 1 is 1.06 bits per heavy atom. The van der Waals surface area contributed by atoms with Gasteiger partial charge in [0.25, 0.3) is 0 Å². The van der Waals surface area contributed by atoms with Crippen LogP contribution in [0.5, 0.6) is 0 Å². The van der Waals surface area contributed by atoms with Gasteiger partial charge in [-0.05, 0) is 35.9 Å². The van der Waals surface area contributed by atoms with Crippen molar-refractivity contribution in [2.45, 2.75) is 0 Å². The van der Waals surface area contributed by atoms with Crippen LogP contribution in [0, 0.1) is 11.6 Å². The summed E-state index contributed by atoms with van der Waals surface area (Å²) in [6.07, 6.45) is 0. The molecule has 17 heavy (non-hydrogen) atoms. The molecule has 0 spiro atoms. The highest BCUT2D eigenvalue weighted by Gasteiger charge is 2.10. The average Bonchev–Trinajstić information content (AvgIpc) is 2.29. The van der Waals surface area contributed by atoms with E-state index in [1.165, 1.54) is 30.3 Å². The first kappa shape index (κ1) is 11.3. The number of carboxylic acid groups (broad SMARTS) is 1. The molecule has 0 atom stereocenters. The Kier molecular flexibility index (Phi) is 2.87. The standard InChI is InChI=1S/C13H8F2O2/c14-10-3-1-2-8(6-10)11-7-9(13(16)17)4-5-12(11)15/h1-7H,(H,16,17). The Labute approximate surface area is 96.1 Å². The Bertz CT molecular complexity index is 579. The van der Waals surface area contributed by atoms with Gasteiger partial charge >= 0.3 is 5.97 Å². The van der Waals surface area contributed by atoms with Crippen LogP contribution in [-0.2, 0) is 0 Å². The highest BCUT2D eigenvalue weighted by Crippen LogP contribution is 2.24. The van der Waals surface area contributed by atoms with Gasteiger partial charge in [0, 0.05) is 5.56 Å². The Morgan fingerprint density at radius 2 is 1.82 bits per heavy atom. The maximum atomic E-state index is 13.5. The molecule has 0 aliphatic rings. The molecule has 0 amide bonds. The quantitative estimate of drug-likeness (QED) is 0.865. The number of hydrogen-bond donors (Lipinski definition) is 1. The maximum Gasteiger partial charge on any atom is 0.335 e. The third-order valence-corrected chi connectivity index (χ3v) is 2.35. The Hall–Kier alpha value is -2.23. The fourth-order valence-corrected chi connectivity index (χ4v) is 1.54. The largest absolute Gasteiger partial charge is 0.478 e. The molecule has 4 heteroatoms. The van der Waals surface area contributed by atoms with Crippen LogP contribution >= 0.6 is 0 Å². The molecular weight excluding hydrogens is 226 g/mol. The topological polar surface area (TPSA) is 37.3 Å². The molecule has 1 N–H and O–H groups in total. The van der Waals surface area contributed by atoms with Crippen molar-refractivity contribution >= 4 is 5.97 Å². The van der Waals surface area contributed by atoms with Crippen LogP contribution in [0.25, 0.3) is 11.1 Å². The molecular formula is C13H8F2O2. The van der Waals surface area contributed by atoms with Crippen LogP contribution in [-0.4, -0.2) is 11.1 Å². The van der Waals surface area contributed by atoms with E-state index in [4.69, 9.17) is 5.11 Å². The van der Waals surface area contributed by atoms with Crippen molar-refractivity contribution < 1.29 is 18.7 Å². The van der Waals surface area contributed by atoms with Gasteiger partial charge in [0.2, 0.25) is 0 Å². The summed E-state index contributed by atoms with van der Waals surface area (Å²) in [5, 5.41) is 8.81. The van der Waals surface area contributed by atoms with Crippen LogP contribution in [0.4, 0.5) is 8.78 Å². The van der Waals surface area contributed by atoms with Crippen molar-refractivity contribution in [2.24, 2.45) is 0 Å². The zero-order valence-electron chi connectivity index (χ0n) is 8.65. The van der Waals surface area contributed by atoms with Crippen LogP contribution in [0.2, 0.25) is 0 Å². The average molecular weight is 234 g/mol. The molecule has 86 valence electrons. The normalized spacial score (nSPS) is 10.2. The Balaban J connectivity index is 2.58. The first-order valence-electron chi connectivity index (χ1n) is 4.87. The van der Waals surface area contributed by atoms with Crippen LogP contribution in [0.15, 0.2) is 42.5 Å². The highest BCUT2D eigenvalue weighted by atomic mass is 19.1. The number of halogens is 2. The zero-order valence-corrected chi connectivity index (χ0v) is 8.65. The summed E-state index contributed by atoms with van der Waals surface area (Å²) in [5.41, 5.74) is 0.348. The summed E-state index contributed by atoms with van der Waals surface area (Å²) in [4.78, 5) is 10.8. The van der Waals surface area contributed by atoms with Gasteiger partial charge in [-0.2, -0.15) is 0 Å². The summed E-state index contributed by atoms with van der Waals surface area (Å²) in [6.45, 7) is 0. The highest BCUT2D eigenvalue weighted by molar-refractivity contribution is 5.89. The second-order valence-electron chi connectivity index (χ2n) is 3.51. The van der Waals surface area contributed by atoms with Gasteiger partial charge < -0.3 is 5.11 Å². The molecule has 0 bridgehead atoms. The summed E-state index contributed by atoms with van der Waals surface area (Å²) in [5.74, 6) is -2.23. The Morgan fingerprint density at radius 3 is 2.47 bits per heavy atom. The predicted molar refractivity (Wildman–Crippen MR) is 58.8 cm³/mol. The second-order valence-corrected chi connectivity index (χ2v) is 3.51. The van der Waals surface area contributed by atoms with Crippen LogP contribution in [0.3, 0.4) is 0 Å². The number of aromatic carboxylic acids is 1. The van der Waals surface area contributed by atoms with Gasteiger partial charge in [0.05, 0.1) is 5.56 Å². The number of rotatable bonds is 2. The third kappa shape index (κ3) is 2.30. The van der Waals surface area contributed by atoms with E-state index in [-0.39, 0.29) is 11.1 Å². The molecule has 0 aliphatic heterocycles. The fraction of sp³-hybridized carbons (Fsp3) is 0. The summed E-state index contributed by atoms with van der Waals surface area (Å²) in [6, 6.07) is 8.77. The number of carbonyl (C=O) groups is 1. The van der Waals surface area contributed by atoms with E-state index in [2.05, 4.69) is 0 Å². The molecule has 0 saturated carbocycles. The molecule has 2 nitrogen and oxygen atoms in total. The van der Waals surface area contributed by atoms with Gasteiger partial charge in [-0.25, -0.2) is 13.6 Å². The molecule has 0 saturated heterocycles. The molecule has 0 aromatic heterocycles. The van der Waals surface area contributed by atoms with Crippen LogP contribution in [0.1, 0.15) is 10.4 Å². The maximum absolute atomic E-state index is 13.5. The monoisotopic (exact) mass is 234 g/mol. The molecule has 0 unspecified atom stereocenters. The van der Waals surface area contributed by atoms with Crippen LogP contribution < -0.4 is 0 Å². The molecule has 2 aromatic rings. The minimum atomic E-state index is -1.15. The minimum absolute atomic E-state index is 0.0364. The van der Waals surface area contributed by atoms with E-state index in [0.29, 0.717) is 5.56 Å². The van der Waals surface area contributed by atoms with Crippen molar-refractivity contribution in [3.63, 3.8) is 0 Å². The first-order chi connectivity index (χ1) is 8.08. The lowest BCUT2D eigenvalue weighted by atomic mass is 10.0. The minimum Gasteiger partial charge on any atom is -0.478 e. The van der Waals surface area contributed by atoms with Gasteiger partial charge in [0.15, 0.2) is 0 Å². The number of carboxylic acids is 1. The van der Waals surface area contributed by atoms with Crippen molar-refractivity contribution in [2.75, 3.05) is 0 Å². The zero-order chi connectivity index (χ0) is 12.4. The predicted octanol–water partition coefficient (Wildman–Crippen LogP) is 3.33. The fourth-order valence-electron chi connectivity index (χ4n) is 1.54. The summed E-state index contributed by atoms with van der Waals surface area (Å²) >= 11 is 0. The second kappa shape index (κ2) is 4.33. The van der Waals surface area contributed by atoms with Crippen molar-refractivity contribution in [3.8, 4) is 11.1 Å². The lowest BCUT2D eigenvalue weighted by Crippen LogP contribution is -1.97. The molecule has 0 radical (unpaired) electrons. The third-order valence-electron chi connectivity index (χ3n) is 2.35. The van der Waals surface area contributed by atoms with Crippen molar-refractivity contribution in [1.29, 1.82) is 0 Å². The van der Waals surface area contributed by atoms with E-state index < -0.39 is 17.6 Å². The molecule has 0 aliphatic carbocycles. The van der Waals surface area contributed by atoms with Gasteiger partial charge in [-0.3, -0.25) is 0 Å². The van der Waals surface area contributed by atoms with E-state index in [0.717, 1.165) is 12.1 Å². The number of hydrogen-bond acceptors (Lipinski definition) is 1. The van der Waals surface area contributed by atoms with E-state index in [1.807, 2.05) is 0 Å². The van der Waals surface area contributed by atoms with E-state index >= 15 is 0 Å². The van der Waals surface area contributed by atoms with E-state index in [9.17, 15) is 13.6 Å². The molecule has 2 rings (SSSR count). The van der Waals surface area contributed by atoms with Crippen molar-refractivity contribution in [3.05, 3.63) is 59.7 Å². The lowest BCUT2D eigenvalue weighted by molar-refractivity contribution is 0.0697. The SMILES string of the molecule is O=C(O)c1ccc(F)c(-c2cccc(F)c2)c1. The number of benzene rings is 2. The molecule has 2 aromatic carbocycles. The van der Waals surface area contributed by atoms with Gasteiger partial charge in [-0.1, -0.05) is 12.1 Å². The first-order valence-corrected chi connectivity index (χ1v) is 4.87. The smallest absolute Gasteiger partial charge is 0.335 e. The summed E-state index contributed by atoms with van der Waals surface area (Å²) in [7, 11) is 0. The summed E-state index contributed by atoms with van der Waals surface area (Å²) < 4.78 is 26.5.